The fourth-order valence-electron chi connectivity index (χ4n) is 1.26. The quantitative estimate of drug-likeness (QED) is 0.462. The average Bonchev–Trinajstić information content (AvgIpc) is 2.30. The molecule has 0 atom stereocenters. The molecule has 0 spiro atoms. The predicted molar refractivity (Wildman–Crippen MR) is 42.2 cm³/mol. The molecule has 0 saturated heterocycles. The van der Waals surface area contributed by atoms with Crippen LogP contribution in [-0.4, -0.2) is 11.1 Å². The third-order valence-corrected chi connectivity index (χ3v) is 1.94. The monoisotopic (exact) mass is 164 g/mol. The summed E-state index contributed by atoms with van der Waals surface area (Å²) >= 11 is 0. The highest BCUT2D eigenvalue weighted by atomic mass is 16.5. The first-order chi connectivity index (χ1) is 5.66. The summed E-state index contributed by atoms with van der Waals surface area (Å²) in [7, 11) is 0. The Balaban J connectivity index is 2.55. The molecule has 1 aliphatic heterocycles. The number of aryl methyl sites for hydroxylation is 1. The molecular formula is C9H8O3. The minimum atomic E-state index is -0.255. The van der Waals surface area contributed by atoms with Gasteiger partial charge in [-0.1, -0.05) is 0 Å². The lowest BCUT2D eigenvalue weighted by Gasteiger charge is -2.00. The molecule has 0 fully saturated rings. The summed E-state index contributed by atoms with van der Waals surface area (Å²) in [5.74, 6) is 0.539. The van der Waals surface area contributed by atoms with Crippen LogP contribution in [0.3, 0.4) is 0 Å². The molecule has 0 unspecified atom stereocenters. The Bertz CT molecular complexity index is 322. The Morgan fingerprint density at radius 3 is 3.00 bits per heavy atom. The molecule has 0 aromatic heterocycles. The van der Waals surface area contributed by atoms with E-state index in [4.69, 9.17) is 4.74 Å². The number of benzene rings is 1. The number of hydrogen-bond donors (Lipinski definition) is 1. The summed E-state index contributed by atoms with van der Waals surface area (Å²) < 4.78 is 4.89. The maximum Gasteiger partial charge on any atom is 0.315 e. The Kier molecular flexibility index (Phi) is 1.33. The number of aromatic hydroxyl groups is 1. The molecule has 3 heteroatoms. The van der Waals surface area contributed by atoms with E-state index in [9.17, 15) is 9.90 Å². The molecule has 1 aromatic carbocycles. The lowest BCUT2D eigenvalue weighted by Crippen LogP contribution is -2.00. The molecule has 3 nitrogen and oxygen atoms in total. The fraction of sp³-hybridized carbons (Fsp3) is 0.222. The van der Waals surface area contributed by atoms with Crippen LogP contribution in [0.2, 0.25) is 0 Å². The molecule has 0 amide bonds. The van der Waals surface area contributed by atoms with E-state index in [0.717, 1.165) is 11.1 Å². The van der Waals surface area contributed by atoms with Crippen LogP contribution in [0.4, 0.5) is 0 Å². The van der Waals surface area contributed by atoms with Crippen molar-refractivity contribution >= 4 is 5.97 Å². The Morgan fingerprint density at radius 2 is 2.25 bits per heavy atom. The standard InChI is InChI=1S/C9H8O3/c1-5-2-8-6(3-7(5)10)4-9(11)12-8/h2-3,10H,4H2,1H3. The summed E-state index contributed by atoms with van der Waals surface area (Å²) in [5.41, 5.74) is 1.49. The van der Waals surface area contributed by atoms with Crippen molar-refractivity contribution in [2.75, 3.05) is 0 Å². The van der Waals surface area contributed by atoms with Crippen LogP contribution in [0.5, 0.6) is 11.5 Å². The van der Waals surface area contributed by atoms with E-state index in [1.165, 1.54) is 0 Å². The van der Waals surface area contributed by atoms with Crippen molar-refractivity contribution in [3.63, 3.8) is 0 Å². The lowest BCUT2D eigenvalue weighted by molar-refractivity contribution is -0.131. The zero-order valence-corrected chi connectivity index (χ0v) is 6.63. The topological polar surface area (TPSA) is 46.5 Å². The van der Waals surface area contributed by atoms with Gasteiger partial charge in [-0.15, -0.1) is 0 Å². The van der Waals surface area contributed by atoms with Crippen molar-refractivity contribution in [3.8, 4) is 11.5 Å². The Labute approximate surface area is 69.6 Å². The van der Waals surface area contributed by atoms with E-state index in [1.54, 1.807) is 19.1 Å². The molecule has 1 heterocycles. The second kappa shape index (κ2) is 2.24. The van der Waals surface area contributed by atoms with Gasteiger partial charge in [0.1, 0.15) is 11.5 Å². The second-order valence-corrected chi connectivity index (χ2v) is 2.90. The van der Waals surface area contributed by atoms with E-state index in [2.05, 4.69) is 0 Å². The van der Waals surface area contributed by atoms with Crippen LogP contribution < -0.4 is 4.74 Å². The molecule has 2 rings (SSSR count). The second-order valence-electron chi connectivity index (χ2n) is 2.90. The first kappa shape index (κ1) is 7.16. The number of phenolic OH excluding ortho intramolecular Hbond substituents is 1. The van der Waals surface area contributed by atoms with Crippen LogP contribution in [0, 0.1) is 6.92 Å². The van der Waals surface area contributed by atoms with Crippen LogP contribution in [-0.2, 0) is 11.2 Å². The zero-order valence-electron chi connectivity index (χ0n) is 6.63. The third kappa shape index (κ3) is 0.942. The van der Waals surface area contributed by atoms with Crippen LogP contribution >= 0.6 is 0 Å². The summed E-state index contributed by atoms with van der Waals surface area (Å²) in [6, 6.07) is 3.26. The smallest absolute Gasteiger partial charge is 0.315 e. The number of esters is 1. The largest absolute Gasteiger partial charge is 0.508 e. The molecule has 0 saturated carbocycles. The number of rotatable bonds is 0. The zero-order chi connectivity index (χ0) is 8.72. The van der Waals surface area contributed by atoms with E-state index >= 15 is 0 Å². The number of fused-ring (bicyclic) bond motifs is 1. The van der Waals surface area contributed by atoms with Crippen LogP contribution in [0.25, 0.3) is 0 Å². The molecule has 0 radical (unpaired) electrons. The van der Waals surface area contributed by atoms with Crippen molar-refractivity contribution in [1.82, 2.24) is 0 Å². The van der Waals surface area contributed by atoms with E-state index < -0.39 is 0 Å². The van der Waals surface area contributed by atoms with Gasteiger partial charge in [0.2, 0.25) is 0 Å². The minimum absolute atomic E-state index is 0.215. The van der Waals surface area contributed by atoms with Gasteiger partial charge in [0.25, 0.3) is 0 Å². The number of ether oxygens (including phenoxy) is 1. The fourth-order valence-corrected chi connectivity index (χ4v) is 1.26. The minimum Gasteiger partial charge on any atom is -0.508 e. The first-order valence-electron chi connectivity index (χ1n) is 3.70. The summed E-state index contributed by atoms with van der Waals surface area (Å²) in [4.78, 5) is 10.8. The van der Waals surface area contributed by atoms with Crippen LogP contribution in [0.1, 0.15) is 11.1 Å². The summed E-state index contributed by atoms with van der Waals surface area (Å²) in [5, 5.41) is 9.30. The maximum atomic E-state index is 10.8. The van der Waals surface area contributed by atoms with Gasteiger partial charge in [-0.2, -0.15) is 0 Å². The van der Waals surface area contributed by atoms with Gasteiger partial charge >= 0.3 is 5.97 Å². The molecule has 0 aliphatic carbocycles. The first-order valence-corrected chi connectivity index (χ1v) is 3.70. The van der Waals surface area contributed by atoms with Crippen LogP contribution in [0.15, 0.2) is 12.1 Å². The van der Waals surface area contributed by atoms with Gasteiger partial charge < -0.3 is 9.84 Å². The van der Waals surface area contributed by atoms with Gasteiger partial charge in [0.05, 0.1) is 6.42 Å². The lowest BCUT2D eigenvalue weighted by atomic mass is 10.1. The van der Waals surface area contributed by atoms with Crippen molar-refractivity contribution in [3.05, 3.63) is 23.3 Å². The van der Waals surface area contributed by atoms with E-state index in [-0.39, 0.29) is 18.1 Å². The Morgan fingerprint density at radius 1 is 1.50 bits per heavy atom. The van der Waals surface area contributed by atoms with Crippen molar-refractivity contribution < 1.29 is 14.6 Å². The Hall–Kier alpha value is -1.51. The van der Waals surface area contributed by atoms with Crippen molar-refractivity contribution in [2.24, 2.45) is 0 Å². The highest BCUT2D eigenvalue weighted by molar-refractivity contribution is 5.81. The van der Waals surface area contributed by atoms with Gasteiger partial charge in [0, 0.05) is 5.56 Å². The number of carbonyl (C=O) groups excluding carboxylic acids is 1. The normalized spacial score (nSPS) is 14.2. The molecule has 62 valence electrons. The SMILES string of the molecule is Cc1cc2c(cc1O)CC(=O)O2. The molecular weight excluding hydrogens is 156 g/mol. The number of phenols is 1. The number of hydrogen-bond acceptors (Lipinski definition) is 3. The molecule has 1 aromatic rings. The molecule has 12 heavy (non-hydrogen) atoms. The molecule has 0 bridgehead atoms. The van der Waals surface area contributed by atoms with Gasteiger partial charge in [0.15, 0.2) is 0 Å². The number of carbonyl (C=O) groups is 1. The predicted octanol–water partition coefficient (Wildman–Crippen LogP) is 1.16. The molecule has 1 aliphatic rings. The van der Waals surface area contributed by atoms with Crippen molar-refractivity contribution in [1.29, 1.82) is 0 Å². The summed E-state index contributed by atoms with van der Waals surface area (Å²) in [6.45, 7) is 1.77. The summed E-state index contributed by atoms with van der Waals surface area (Å²) in [6.07, 6.45) is 0.267. The van der Waals surface area contributed by atoms with Gasteiger partial charge in [-0.3, -0.25) is 4.79 Å². The third-order valence-electron chi connectivity index (χ3n) is 1.94. The van der Waals surface area contributed by atoms with E-state index in [1.807, 2.05) is 0 Å². The molecule has 1 N–H and O–H groups in total. The van der Waals surface area contributed by atoms with Gasteiger partial charge in [-0.25, -0.2) is 0 Å². The highest BCUT2D eigenvalue weighted by Crippen LogP contribution is 2.31. The average molecular weight is 164 g/mol. The van der Waals surface area contributed by atoms with Gasteiger partial charge in [-0.05, 0) is 24.6 Å². The maximum absolute atomic E-state index is 10.8. The van der Waals surface area contributed by atoms with Crippen molar-refractivity contribution in [2.45, 2.75) is 13.3 Å². The highest BCUT2D eigenvalue weighted by Gasteiger charge is 2.21. The van der Waals surface area contributed by atoms with E-state index in [0.29, 0.717) is 5.75 Å².